The fourth-order valence-corrected chi connectivity index (χ4v) is 0.489. The number of carbonyl (C=O) groups is 1. The third kappa shape index (κ3) is 2.59. The van der Waals surface area contributed by atoms with E-state index in [2.05, 4.69) is 0 Å². The Bertz CT molecular complexity index is 150. The zero-order valence-electron chi connectivity index (χ0n) is 4.36. The Morgan fingerprint density at radius 2 is 1.78 bits per heavy atom. The molecule has 0 amide bonds. The van der Waals surface area contributed by atoms with Crippen LogP contribution in [0.1, 0.15) is 0 Å². The molecule has 0 rings (SSSR count). The second-order valence-corrected chi connectivity index (χ2v) is 2.52. The highest BCUT2D eigenvalue weighted by atomic mass is 32.2. The van der Waals surface area contributed by atoms with Crippen molar-refractivity contribution >= 4 is 15.9 Å². The van der Waals surface area contributed by atoms with Gasteiger partial charge in [-0.15, -0.1) is 0 Å². The van der Waals surface area contributed by atoms with E-state index in [0.29, 0.717) is 6.26 Å². The predicted molar refractivity (Wildman–Crippen MR) is 25.1 cm³/mol. The maximum Gasteiger partial charge on any atom is 0.463 e. The fourth-order valence-electron chi connectivity index (χ4n) is 0.163. The van der Waals surface area contributed by atoms with Gasteiger partial charge in [-0.1, -0.05) is 0 Å². The predicted octanol–water partition coefficient (Wildman–Crippen LogP) is 0.454. The summed E-state index contributed by atoms with van der Waals surface area (Å²) in [5.74, 6) is 0. The van der Waals surface area contributed by atoms with Crippen LogP contribution in [-0.4, -0.2) is 21.8 Å². The first-order chi connectivity index (χ1) is 3.85. The van der Waals surface area contributed by atoms with Crippen molar-refractivity contribution in [2.24, 2.45) is 0 Å². The average molecular weight is 160 g/mol. The molecule has 0 aliphatic rings. The lowest BCUT2D eigenvalue weighted by Crippen LogP contribution is -2.25. The molecule has 0 aromatic rings. The molecule has 1 unspecified atom stereocenters. The largest absolute Gasteiger partial charge is 0.463 e. The molecule has 6 heteroatoms. The van der Waals surface area contributed by atoms with E-state index in [-0.39, 0.29) is 0 Å². The van der Waals surface area contributed by atoms with Crippen molar-refractivity contribution in [1.82, 2.24) is 0 Å². The quantitative estimate of drug-likeness (QED) is 0.515. The third-order valence-corrected chi connectivity index (χ3v) is 1.25. The molecule has 1 atom stereocenters. The first kappa shape index (κ1) is 8.61. The Balaban J connectivity index is 4.23. The van der Waals surface area contributed by atoms with Crippen molar-refractivity contribution < 1.29 is 22.2 Å². The van der Waals surface area contributed by atoms with Gasteiger partial charge in [0.15, 0.2) is 0 Å². The van der Waals surface area contributed by atoms with Crippen LogP contribution in [0, 0.1) is 0 Å². The summed E-state index contributed by atoms with van der Waals surface area (Å²) < 4.78 is 43.3. The highest BCUT2D eigenvalue weighted by Crippen LogP contribution is 2.16. The molecule has 0 spiro atoms. The van der Waals surface area contributed by atoms with Gasteiger partial charge >= 0.3 is 11.3 Å². The zero-order valence-corrected chi connectivity index (χ0v) is 5.18. The molecule has 0 aliphatic carbocycles. The topological polar surface area (TPSA) is 34.1 Å². The highest BCUT2D eigenvalue weighted by Gasteiger charge is 2.40. The second-order valence-electron chi connectivity index (χ2n) is 1.24. The van der Waals surface area contributed by atoms with E-state index in [4.69, 9.17) is 0 Å². The van der Waals surface area contributed by atoms with E-state index in [1.54, 1.807) is 0 Å². The molecule has 9 heavy (non-hydrogen) atoms. The third-order valence-electron chi connectivity index (χ3n) is 0.493. The number of carbonyl (C=O) groups excluding carboxylic acids is 1. The highest BCUT2D eigenvalue weighted by molar-refractivity contribution is 7.99. The van der Waals surface area contributed by atoms with Gasteiger partial charge < -0.3 is 0 Å². The van der Waals surface area contributed by atoms with Crippen molar-refractivity contribution in [3.8, 4) is 0 Å². The molecular formula is C3H3F3O2S. The van der Waals surface area contributed by atoms with Crippen molar-refractivity contribution in [2.75, 3.05) is 6.26 Å². The standard InChI is InChI=1S/C3H3F3O2S/c1-9(8)2(7)3(4,5)6/h1H3. The van der Waals surface area contributed by atoms with Gasteiger partial charge in [0, 0.05) is 6.26 Å². The molecule has 0 radical (unpaired) electrons. The van der Waals surface area contributed by atoms with Crippen LogP contribution >= 0.6 is 0 Å². The van der Waals surface area contributed by atoms with E-state index in [0.717, 1.165) is 0 Å². The lowest BCUT2D eigenvalue weighted by atomic mass is 10.8. The average Bonchev–Trinajstić information content (AvgIpc) is 1.62. The van der Waals surface area contributed by atoms with Crippen LogP contribution in [0.25, 0.3) is 0 Å². The molecule has 0 fully saturated rings. The van der Waals surface area contributed by atoms with Crippen LogP contribution < -0.4 is 0 Å². The summed E-state index contributed by atoms with van der Waals surface area (Å²) in [7, 11) is -2.44. The smallest absolute Gasteiger partial charge is 0.274 e. The summed E-state index contributed by atoms with van der Waals surface area (Å²) in [6.45, 7) is 0. The van der Waals surface area contributed by atoms with Crippen LogP contribution in [0.2, 0.25) is 0 Å². The molecule has 0 aromatic heterocycles. The number of rotatable bonds is 0. The summed E-state index contributed by atoms with van der Waals surface area (Å²) in [6.07, 6.45) is -4.27. The maximum absolute atomic E-state index is 11.2. The Hall–Kier alpha value is -0.390. The first-order valence-electron chi connectivity index (χ1n) is 1.80. The van der Waals surface area contributed by atoms with E-state index < -0.39 is 22.1 Å². The summed E-state index contributed by atoms with van der Waals surface area (Å²) in [5, 5.41) is -2.19. The normalized spacial score (nSPS) is 15.1. The van der Waals surface area contributed by atoms with Crippen LogP contribution in [0.15, 0.2) is 0 Å². The van der Waals surface area contributed by atoms with Gasteiger partial charge in [-0.05, 0) is 0 Å². The summed E-state index contributed by atoms with van der Waals surface area (Å²) >= 11 is 0. The lowest BCUT2D eigenvalue weighted by molar-refractivity contribution is -0.160. The number of hydrogen-bond donors (Lipinski definition) is 0. The van der Waals surface area contributed by atoms with Gasteiger partial charge in [0.1, 0.15) is 0 Å². The molecule has 2 nitrogen and oxygen atoms in total. The number of alkyl halides is 3. The number of hydrogen-bond acceptors (Lipinski definition) is 2. The van der Waals surface area contributed by atoms with E-state index in [9.17, 15) is 22.2 Å². The molecule has 0 bridgehead atoms. The van der Waals surface area contributed by atoms with E-state index in [1.807, 2.05) is 0 Å². The summed E-state index contributed by atoms with van der Waals surface area (Å²) in [6, 6.07) is 0. The van der Waals surface area contributed by atoms with Gasteiger partial charge in [-0.3, -0.25) is 9.00 Å². The molecule has 0 N–H and O–H groups in total. The van der Waals surface area contributed by atoms with Gasteiger partial charge in [0.05, 0.1) is 10.8 Å². The first-order valence-corrected chi connectivity index (χ1v) is 3.36. The van der Waals surface area contributed by atoms with Gasteiger partial charge in [-0.25, -0.2) is 0 Å². The monoisotopic (exact) mass is 160 g/mol. The van der Waals surface area contributed by atoms with Crippen LogP contribution in [-0.2, 0) is 15.6 Å². The van der Waals surface area contributed by atoms with Gasteiger partial charge in [-0.2, -0.15) is 13.2 Å². The lowest BCUT2D eigenvalue weighted by Gasteiger charge is -1.98. The van der Waals surface area contributed by atoms with Crippen molar-refractivity contribution in [1.29, 1.82) is 0 Å². The minimum Gasteiger partial charge on any atom is -0.274 e. The molecule has 0 heterocycles. The Morgan fingerprint density at radius 1 is 1.44 bits per heavy atom. The number of halogens is 3. The Labute approximate surface area is 51.5 Å². The van der Waals surface area contributed by atoms with Gasteiger partial charge in [0.25, 0.3) is 0 Å². The molecular weight excluding hydrogens is 157 g/mol. The van der Waals surface area contributed by atoms with Crippen molar-refractivity contribution in [2.45, 2.75) is 6.18 Å². The van der Waals surface area contributed by atoms with Crippen LogP contribution in [0.3, 0.4) is 0 Å². The van der Waals surface area contributed by atoms with Crippen LogP contribution in [0.4, 0.5) is 13.2 Å². The molecule has 0 saturated carbocycles. The summed E-state index contributed by atoms with van der Waals surface area (Å²) in [4.78, 5) is 9.74. The van der Waals surface area contributed by atoms with Gasteiger partial charge in [0.2, 0.25) is 0 Å². The maximum atomic E-state index is 11.2. The second kappa shape index (κ2) is 2.47. The van der Waals surface area contributed by atoms with Crippen LogP contribution in [0.5, 0.6) is 0 Å². The minimum absolute atomic E-state index is 0.690. The molecule has 0 aliphatic heterocycles. The van der Waals surface area contributed by atoms with E-state index in [1.165, 1.54) is 0 Å². The fraction of sp³-hybridized carbons (Fsp3) is 0.667. The minimum atomic E-state index is -4.96. The Morgan fingerprint density at radius 3 is 1.78 bits per heavy atom. The zero-order chi connectivity index (χ0) is 7.65. The SMILES string of the molecule is CS(=O)C(=O)C(F)(F)F. The molecule has 0 aromatic carbocycles. The van der Waals surface area contributed by atoms with Crippen molar-refractivity contribution in [3.63, 3.8) is 0 Å². The molecule has 54 valence electrons. The Kier molecular flexibility index (Phi) is 2.36. The molecule has 0 saturated heterocycles. The summed E-state index contributed by atoms with van der Waals surface area (Å²) in [5.41, 5.74) is 0. The van der Waals surface area contributed by atoms with E-state index >= 15 is 0 Å². The van der Waals surface area contributed by atoms with Crippen molar-refractivity contribution in [3.05, 3.63) is 0 Å².